The molecule has 4 nitrogen and oxygen atoms in total. The number of hydrogen-bond acceptors (Lipinski definition) is 4. The largest absolute Gasteiger partial charge is 0.416 e. The first-order valence-corrected chi connectivity index (χ1v) is 9.50. The Hall–Kier alpha value is -2.97. The summed E-state index contributed by atoms with van der Waals surface area (Å²) >= 11 is 0. The van der Waals surface area contributed by atoms with Crippen molar-refractivity contribution in [3.8, 4) is 22.3 Å². The molecule has 0 bridgehead atoms. The van der Waals surface area contributed by atoms with Gasteiger partial charge in [-0.3, -0.25) is 0 Å². The standard InChI is InChI=1S/C23H22F4N2O2/c1-12-7-18(22(24)29-10-12)20-17(9-19(23(25,26)27)13(2)21(20)28)16-6-4-5-15(8-16)11-31-14(3)30/h4-10,14,30H,11,28H2,1-3H3. The van der Waals surface area contributed by atoms with Crippen LogP contribution in [0.5, 0.6) is 0 Å². The average Bonchev–Trinajstić information content (AvgIpc) is 2.69. The van der Waals surface area contributed by atoms with Gasteiger partial charge in [0.1, 0.15) is 0 Å². The predicted octanol–water partition coefficient (Wildman–Crippen LogP) is 5.63. The second kappa shape index (κ2) is 8.64. The number of aliphatic hydroxyl groups excluding tert-OH is 1. The molecule has 3 rings (SSSR count). The number of anilines is 1. The van der Waals surface area contributed by atoms with Crippen molar-refractivity contribution in [2.24, 2.45) is 0 Å². The quantitative estimate of drug-likeness (QED) is 0.236. The van der Waals surface area contributed by atoms with E-state index in [0.29, 0.717) is 16.7 Å². The summed E-state index contributed by atoms with van der Waals surface area (Å²) in [5.74, 6) is -0.827. The molecule has 1 unspecified atom stereocenters. The predicted molar refractivity (Wildman–Crippen MR) is 110 cm³/mol. The van der Waals surface area contributed by atoms with Gasteiger partial charge in [0, 0.05) is 23.0 Å². The first-order valence-electron chi connectivity index (χ1n) is 9.50. The molecule has 1 heterocycles. The van der Waals surface area contributed by atoms with Crippen LogP contribution in [0.2, 0.25) is 0 Å². The van der Waals surface area contributed by atoms with Gasteiger partial charge in [-0.05, 0) is 66.8 Å². The number of aryl methyl sites for hydroxylation is 1. The molecule has 164 valence electrons. The Kier molecular flexibility index (Phi) is 6.33. The minimum absolute atomic E-state index is 0.0231. The van der Waals surface area contributed by atoms with Crippen LogP contribution in [0, 0.1) is 19.8 Å². The summed E-state index contributed by atoms with van der Waals surface area (Å²) in [7, 11) is 0. The fraction of sp³-hybridized carbons (Fsp3) is 0.261. The van der Waals surface area contributed by atoms with Crippen LogP contribution in [0.25, 0.3) is 22.3 Å². The van der Waals surface area contributed by atoms with E-state index in [-0.39, 0.29) is 34.5 Å². The van der Waals surface area contributed by atoms with E-state index in [1.54, 1.807) is 31.2 Å². The number of hydrogen-bond donors (Lipinski definition) is 2. The highest BCUT2D eigenvalue weighted by atomic mass is 19.4. The second-order valence-corrected chi connectivity index (χ2v) is 7.34. The van der Waals surface area contributed by atoms with E-state index in [1.807, 2.05) is 0 Å². The van der Waals surface area contributed by atoms with Gasteiger partial charge >= 0.3 is 6.18 Å². The summed E-state index contributed by atoms with van der Waals surface area (Å²) in [6.45, 7) is 4.47. The Morgan fingerprint density at radius 3 is 2.48 bits per heavy atom. The van der Waals surface area contributed by atoms with E-state index in [1.165, 1.54) is 26.1 Å². The molecule has 0 saturated carbocycles. The molecule has 1 aromatic heterocycles. The summed E-state index contributed by atoms with van der Waals surface area (Å²) in [6, 6.07) is 9.08. The Bertz CT molecular complexity index is 1110. The van der Waals surface area contributed by atoms with Crippen molar-refractivity contribution in [2.45, 2.75) is 39.8 Å². The van der Waals surface area contributed by atoms with Gasteiger partial charge in [0.25, 0.3) is 0 Å². The number of benzene rings is 2. The summed E-state index contributed by atoms with van der Waals surface area (Å²) < 4.78 is 60.9. The second-order valence-electron chi connectivity index (χ2n) is 7.34. The first-order chi connectivity index (χ1) is 14.5. The number of aliphatic hydroxyl groups is 1. The van der Waals surface area contributed by atoms with E-state index < -0.39 is 24.0 Å². The molecule has 3 N–H and O–H groups in total. The molecule has 0 aliphatic rings. The van der Waals surface area contributed by atoms with Crippen LogP contribution in [0.15, 0.2) is 42.6 Å². The number of nitrogens with two attached hydrogens (primary N) is 1. The van der Waals surface area contributed by atoms with E-state index in [2.05, 4.69) is 4.98 Å². The lowest BCUT2D eigenvalue weighted by molar-refractivity contribution is -0.138. The lowest BCUT2D eigenvalue weighted by atomic mass is 9.88. The Balaban J connectivity index is 2.31. The number of alkyl halides is 3. The molecule has 0 radical (unpaired) electrons. The number of aromatic nitrogens is 1. The maximum Gasteiger partial charge on any atom is 0.416 e. The van der Waals surface area contributed by atoms with Crippen LogP contribution in [0.1, 0.15) is 29.2 Å². The van der Waals surface area contributed by atoms with Crippen LogP contribution in [0.3, 0.4) is 0 Å². The third-order valence-electron chi connectivity index (χ3n) is 4.92. The summed E-state index contributed by atoms with van der Waals surface area (Å²) in [5.41, 5.74) is 6.88. The Morgan fingerprint density at radius 1 is 1.13 bits per heavy atom. The average molecular weight is 434 g/mol. The fourth-order valence-electron chi connectivity index (χ4n) is 3.39. The minimum atomic E-state index is -4.64. The number of nitrogen functional groups attached to an aromatic ring is 1. The third kappa shape index (κ3) is 4.86. The molecule has 0 aliphatic heterocycles. The lowest BCUT2D eigenvalue weighted by Gasteiger charge is -2.21. The van der Waals surface area contributed by atoms with Crippen molar-refractivity contribution in [1.29, 1.82) is 0 Å². The smallest absolute Gasteiger partial charge is 0.398 e. The molecule has 2 aromatic carbocycles. The molecular weight excluding hydrogens is 412 g/mol. The molecule has 1 atom stereocenters. The van der Waals surface area contributed by atoms with Gasteiger partial charge in [0.05, 0.1) is 12.2 Å². The zero-order chi connectivity index (χ0) is 22.9. The first kappa shape index (κ1) is 22.7. The minimum Gasteiger partial charge on any atom is -0.398 e. The van der Waals surface area contributed by atoms with Gasteiger partial charge in [0.2, 0.25) is 5.95 Å². The number of ether oxygens (including phenoxy) is 1. The number of halogens is 4. The van der Waals surface area contributed by atoms with Crippen molar-refractivity contribution in [2.75, 3.05) is 5.73 Å². The van der Waals surface area contributed by atoms with Crippen LogP contribution in [0.4, 0.5) is 23.2 Å². The van der Waals surface area contributed by atoms with Crippen molar-refractivity contribution in [3.05, 3.63) is 70.8 Å². The van der Waals surface area contributed by atoms with E-state index in [4.69, 9.17) is 10.5 Å². The van der Waals surface area contributed by atoms with Crippen molar-refractivity contribution in [1.82, 2.24) is 4.98 Å². The Labute approximate surface area is 177 Å². The fourth-order valence-corrected chi connectivity index (χ4v) is 3.39. The van der Waals surface area contributed by atoms with E-state index in [0.717, 1.165) is 6.07 Å². The monoisotopic (exact) mass is 434 g/mol. The molecule has 0 saturated heterocycles. The molecule has 0 amide bonds. The van der Waals surface area contributed by atoms with E-state index in [9.17, 15) is 22.7 Å². The highest BCUT2D eigenvalue weighted by Gasteiger charge is 2.35. The normalized spacial score (nSPS) is 12.8. The van der Waals surface area contributed by atoms with Gasteiger partial charge in [-0.25, -0.2) is 4.98 Å². The van der Waals surface area contributed by atoms with Crippen LogP contribution in [-0.2, 0) is 17.5 Å². The van der Waals surface area contributed by atoms with Crippen molar-refractivity contribution >= 4 is 5.69 Å². The van der Waals surface area contributed by atoms with Crippen LogP contribution < -0.4 is 5.73 Å². The van der Waals surface area contributed by atoms with Gasteiger partial charge in [0.15, 0.2) is 6.29 Å². The van der Waals surface area contributed by atoms with Crippen LogP contribution in [-0.4, -0.2) is 16.4 Å². The van der Waals surface area contributed by atoms with Crippen molar-refractivity contribution in [3.63, 3.8) is 0 Å². The molecule has 3 aromatic rings. The number of rotatable bonds is 5. The Morgan fingerprint density at radius 2 is 1.84 bits per heavy atom. The zero-order valence-electron chi connectivity index (χ0n) is 17.2. The highest BCUT2D eigenvalue weighted by molar-refractivity contribution is 5.93. The summed E-state index contributed by atoms with van der Waals surface area (Å²) in [5, 5.41) is 9.33. The van der Waals surface area contributed by atoms with E-state index >= 15 is 0 Å². The third-order valence-corrected chi connectivity index (χ3v) is 4.92. The number of nitrogens with zero attached hydrogens (tertiary/aromatic N) is 1. The maximum atomic E-state index is 14.6. The molecule has 0 fully saturated rings. The van der Waals surface area contributed by atoms with Gasteiger partial charge in [-0.1, -0.05) is 18.2 Å². The molecular formula is C23H22F4N2O2. The molecule has 0 aliphatic carbocycles. The van der Waals surface area contributed by atoms with Crippen molar-refractivity contribution < 1.29 is 27.4 Å². The lowest BCUT2D eigenvalue weighted by Crippen LogP contribution is -2.11. The van der Waals surface area contributed by atoms with Gasteiger partial charge in [-0.2, -0.15) is 17.6 Å². The molecule has 0 spiro atoms. The molecule has 31 heavy (non-hydrogen) atoms. The summed E-state index contributed by atoms with van der Waals surface area (Å²) in [4.78, 5) is 3.71. The van der Waals surface area contributed by atoms with Crippen LogP contribution >= 0.6 is 0 Å². The summed E-state index contributed by atoms with van der Waals surface area (Å²) in [6.07, 6.45) is -4.31. The molecule has 8 heteroatoms. The SMILES string of the molecule is Cc1cnc(F)c(-c2c(-c3cccc(COC(C)O)c3)cc(C(F)(F)F)c(C)c2N)c1. The highest BCUT2D eigenvalue weighted by Crippen LogP contribution is 2.45. The maximum absolute atomic E-state index is 14.6. The van der Waals surface area contributed by atoms with Gasteiger partial charge < -0.3 is 15.6 Å². The topological polar surface area (TPSA) is 68.4 Å². The number of pyridine rings is 1. The zero-order valence-corrected chi connectivity index (χ0v) is 17.2. The van der Waals surface area contributed by atoms with Gasteiger partial charge in [-0.15, -0.1) is 0 Å².